The first-order valence-corrected chi connectivity index (χ1v) is 11.9. The number of nitrogens with one attached hydrogen (secondary N) is 1. The zero-order valence-corrected chi connectivity index (χ0v) is 17.5. The van der Waals surface area contributed by atoms with Gasteiger partial charge >= 0.3 is 0 Å². The molecule has 0 atom stereocenters. The average molecular weight is 466 g/mol. The van der Waals surface area contributed by atoms with Crippen molar-refractivity contribution in [1.29, 1.82) is 0 Å². The molecule has 2 rings (SSSR count). The van der Waals surface area contributed by atoms with E-state index in [1.165, 1.54) is 13.0 Å². The lowest BCUT2D eigenvalue weighted by molar-refractivity contribution is -0.114. The van der Waals surface area contributed by atoms with Crippen LogP contribution in [0, 0.1) is 0 Å². The first-order chi connectivity index (χ1) is 12.8. The molecule has 9 nitrogen and oxygen atoms in total. The molecule has 0 aliphatic carbocycles. The summed E-state index contributed by atoms with van der Waals surface area (Å²) in [5.74, 6) is -0.760. The van der Waals surface area contributed by atoms with Crippen molar-refractivity contribution in [2.75, 3.05) is 11.6 Å². The number of phenolic OH excluding ortho intramolecular Hbond substituents is 1. The number of nitrogens with zero attached hydrogens (tertiary/aromatic N) is 2. The maximum atomic E-state index is 12.0. The molecule has 150 valence electrons. The van der Waals surface area contributed by atoms with Crippen LogP contribution in [0.3, 0.4) is 0 Å². The minimum absolute atomic E-state index is 0.0338. The molecular weight excluding hydrogens is 453 g/mol. The van der Waals surface area contributed by atoms with Gasteiger partial charge in [-0.25, -0.2) is 16.8 Å². The predicted molar refractivity (Wildman–Crippen MR) is 104 cm³/mol. The summed E-state index contributed by atoms with van der Waals surface area (Å²) in [6, 6.07) is 5.42. The third kappa shape index (κ3) is 5.41. The fourth-order valence-electron chi connectivity index (χ4n) is 2.06. The van der Waals surface area contributed by atoms with Crippen molar-refractivity contribution < 1.29 is 26.7 Å². The molecule has 2 aromatic rings. The van der Waals surface area contributed by atoms with Gasteiger partial charge in [0.1, 0.15) is 17.1 Å². The summed E-state index contributed by atoms with van der Waals surface area (Å²) in [5.41, 5.74) is -0.0463. The zero-order chi connectivity index (χ0) is 21.3. The van der Waals surface area contributed by atoms with E-state index in [4.69, 9.17) is 22.3 Å². The molecule has 2 aromatic carbocycles. The minimum atomic E-state index is -4.16. The molecule has 1 amide bonds. The predicted octanol–water partition coefficient (Wildman–Crippen LogP) is 3.75. The second-order valence-electron chi connectivity index (χ2n) is 5.54. The quantitative estimate of drug-likeness (QED) is 0.508. The largest absolute Gasteiger partial charge is 0.506 e. The number of phenols is 1. The summed E-state index contributed by atoms with van der Waals surface area (Å²) in [7, 11) is -2.78. The number of sulfone groups is 1. The van der Waals surface area contributed by atoms with Gasteiger partial charge in [0.2, 0.25) is 5.91 Å². The number of halogens is 2. The Hall–Kier alpha value is -2.21. The summed E-state index contributed by atoms with van der Waals surface area (Å²) in [6.45, 7) is 1.24. The van der Waals surface area contributed by atoms with Gasteiger partial charge in [-0.05, 0) is 24.3 Å². The van der Waals surface area contributed by atoms with E-state index >= 15 is 0 Å². The smallest absolute Gasteiger partial charge is 0.261 e. The molecule has 28 heavy (non-hydrogen) atoms. The van der Waals surface area contributed by atoms with Crippen LogP contribution in [0.25, 0.3) is 0 Å². The highest BCUT2D eigenvalue weighted by Gasteiger charge is 2.19. The number of benzene rings is 2. The van der Waals surface area contributed by atoms with Crippen molar-refractivity contribution >= 4 is 64.1 Å². The van der Waals surface area contributed by atoms with E-state index < -0.39 is 34.6 Å². The summed E-state index contributed by atoms with van der Waals surface area (Å²) >= 11 is 5.84. The molecule has 0 saturated carbocycles. The number of carbonyl (C=O) groups excluding carboxylic acids is 1. The Bertz CT molecular complexity index is 1190. The summed E-state index contributed by atoms with van der Waals surface area (Å²) in [4.78, 5) is 10.5. The molecule has 0 radical (unpaired) electrons. The molecule has 0 fully saturated rings. The summed E-state index contributed by atoms with van der Waals surface area (Å²) in [5, 5.41) is 19.7. The molecule has 0 bridgehead atoms. The van der Waals surface area contributed by atoms with Crippen LogP contribution in [0.5, 0.6) is 5.75 Å². The van der Waals surface area contributed by atoms with Gasteiger partial charge in [0.15, 0.2) is 9.84 Å². The molecule has 0 aliphatic heterocycles. The van der Waals surface area contributed by atoms with Gasteiger partial charge in [0.25, 0.3) is 9.05 Å². The normalized spacial score (nSPS) is 12.3. The van der Waals surface area contributed by atoms with Crippen LogP contribution in [0.2, 0.25) is 5.02 Å². The highest BCUT2D eigenvalue weighted by Crippen LogP contribution is 2.37. The first-order valence-electron chi connectivity index (χ1n) is 7.29. The zero-order valence-electron chi connectivity index (χ0n) is 14.3. The number of anilines is 1. The number of azo groups is 1. The standard InChI is InChI=1S/C15H13Cl2N3O6S2/c1-8(21)18-12-7-14(22)10(16)6-13(12)20-19-11-4-3-9(28(17,25)26)5-15(11)27(2,23)24/h3-7,22H,1-2H3,(H,18,21)/b20-19+. The third-order valence-electron chi connectivity index (χ3n) is 3.25. The fraction of sp³-hybridized carbons (Fsp3) is 0.133. The second kappa shape index (κ2) is 8.03. The van der Waals surface area contributed by atoms with Crippen LogP contribution in [0.1, 0.15) is 6.92 Å². The third-order valence-corrected chi connectivity index (χ3v) is 6.03. The Labute approximate surface area is 170 Å². The van der Waals surface area contributed by atoms with Crippen molar-refractivity contribution in [3.8, 4) is 5.75 Å². The number of carbonyl (C=O) groups is 1. The second-order valence-corrected chi connectivity index (χ2v) is 10.5. The van der Waals surface area contributed by atoms with Crippen molar-refractivity contribution in [1.82, 2.24) is 0 Å². The summed E-state index contributed by atoms with van der Waals surface area (Å²) in [6.07, 6.45) is 0.867. The van der Waals surface area contributed by atoms with Gasteiger partial charge in [-0.15, -0.1) is 10.2 Å². The van der Waals surface area contributed by atoms with Crippen LogP contribution >= 0.6 is 22.3 Å². The first kappa shape index (κ1) is 22.1. The lowest BCUT2D eigenvalue weighted by atomic mass is 10.2. The highest BCUT2D eigenvalue weighted by molar-refractivity contribution is 8.13. The summed E-state index contributed by atoms with van der Waals surface area (Å²) < 4.78 is 46.9. The molecule has 0 unspecified atom stereocenters. The number of hydrogen-bond acceptors (Lipinski definition) is 8. The Morgan fingerprint density at radius 3 is 2.21 bits per heavy atom. The molecule has 0 aliphatic rings. The average Bonchev–Trinajstić information content (AvgIpc) is 2.54. The van der Waals surface area contributed by atoms with Crippen LogP contribution in [0.15, 0.2) is 50.4 Å². The van der Waals surface area contributed by atoms with Gasteiger partial charge < -0.3 is 10.4 Å². The molecule has 0 heterocycles. The van der Waals surface area contributed by atoms with Gasteiger partial charge in [-0.1, -0.05) is 11.6 Å². The lowest BCUT2D eigenvalue weighted by Crippen LogP contribution is -2.05. The van der Waals surface area contributed by atoms with E-state index in [1.54, 1.807) is 0 Å². The van der Waals surface area contributed by atoms with E-state index in [-0.39, 0.29) is 27.8 Å². The van der Waals surface area contributed by atoms with E-state index in [2.05, 4.69) is 15.5 Å². The van der Waals surface area contributed by atoms with Crippen molar-refractivity contribution in [3.63, 3.8) is 0 Å². The van der Waals surface area contributed by atoms with Gasteiger partial charge in [0, 0.05) is 29.9 Å². The molecule has 0 spiro atoms. The topological polar surface area (TPSA) is 142 Å². The van der Waals surface area contributed by atoms with Crippen molar-refractivity contribution in [3.05, 3.63) is 35.4 Å². The van der Waals surface area contributed by atoms with E-state index in [0.717, 1.165) is 30.5 Å². The Morgan fingerprint density at radius 2 is 1.68 bits per heavy atom. The SMILES string of the molecule is CC(=O)Nc1cc(O)c(Cl)cc1/N=N/c1ccc(S(=O)(=O)Cl)cc1S(C)(=O)=O. The van der Waals surface area contributed by atoms with E-state index in [1.807, 2.05) is 0 Å². The van der Waals surface area contributed by atoms with Crippen LogP contribution in [0.4, 0.5) is 17.1 Å². The number of rotatable bonds is 5. The number of aromatic hydroxyl groups is 1. The Kier molecular flexibility index (Phi) is 6.34. The van der Waals surface area contributed by atoms with Crippen LogP contribution < -0.4 is 5.32 Å². The number of amides is 1. The van der Waals surface area contributed by atoms with E-state index in [0.29, 0.717) is 0 Å². The Balaban J connectivity index is 2.61. The highest BCUT2D eigenvalue weighted by atomic mass is 35.7. The van der Waals surface area contributed by atoms with Crippen molar-refractivity contribution in [2.24, 2.45) is 10.2 Å². The van der Waals surface area contributed by atoms with Gasteiger partial charge in [-0.2, -0.15) is 0 Å². The lowest BCUT2D eigenvalue weighted by Gasteiger charge is -2.08. The molecule has 0 saturated heterocycles. The molecule has 0 aromatic heterocycles. The number of hydrogen-bond donors (Lipinski definition) is 2. The van der Waals surface area contributed by atoms with Gasteiger partial charge in [-0.3, -0.25) is 4.79 Å². The maximum Gasteiger partial charge on any atom is 0.261 e. The molecule has 2 N–H and O–H groups in total. The maximum absolute atomic E-state index is 12.0. The minimum Gasteiger partial charge on any atom is -0.506 e. The Morgan fingerprint density at radius 1 is 1.07 bits per heavy atom. The molecular formula is C15H13Cl2N3O6S2. The van der Waals surface area contributed by atoms with Crippen LogP contribution in [-0.2, 0) is 23.7 Å². The van der Waals surface area contributed by atoms with E-state index in [9.17, 15) is 26.7 Å². The van der Waals surface area contributed by atoms with Crippen molar-refractivity contribution in [2.45, 2.75) is 16.7 Å². The monoisotopic (exact) mass is 465 g/mol. The fourth-order valence-corrected chi connectivity index (χ4v) is 3.90. The van der Waals surface area contributed by atoms with Crippen LogP contribution in [-0.4, -0.2) is 34.1 Å². The van der Waals surface area contributed by atoms with Gasteiger partial charge in [0.05, 0.1) is 20.5 Å². The molecule has 13 heteroatoms.